The van der Waals surface area contributed by atoms with Crippen molar-refractivity contribution in [2.75, 3.05) is 19.8 Å². The number of hydrogen-bond acceptors (Lipinski definition) is 9. The molecule has 0 amide bonds. The number of nitrogens with one attached hydrogen (secondary N) is 4. The third kappa shape index (κ3) is 23.0. The van der Waals surface area contributed by atoms with Crippen molar-refractivity contribution in [1.29, 1.82) is 0 Å². The molecule has 0 saturated heterocycles. The van der Waals surface area contributed by atoms with Gasteiger partial charge in [-0.05, 0) is 164 Å². The van der Waals surface area contributed by atoms with Gasteiger partial charge in [0, 0.05) is 43.2 Å². The Balaban J connectivity index is 0.000000226. The lowest BCUT2D eigenvalue weighted by molar-refractivity contribution is -0.111. The standard InChI is InChI=1S/C15H14Cl3NO2.C15H13Cl2NO3.C13H11Cl2NO2.C8H5Cl3O.C7H9NO2/c1-2-21-15(20)12-7-9(8-19-12)3-4-10-5-6-11(16)14(18)13(10)17;1-2-21-15(20)13-7-10(8-18-13)14(19)6-9-3-4-11(16)12(17)5-9;14-10-4-3-8(5-11(10)15)1-2-9-6-12(13(17)18)16-7-9;9-6-2-1-5(3-7(6)10)4-8(11)12;1-2-10-7(9)6-4-3-5-8-6/h5-8,19H,2-4H2,1H3;3-5,7-8,18H,2,6H2,1H3;3-7,16H,1-2H2,(H,17,18);1-3H,4H2;3-5,8H,2H2,1H3. The Hall–Kier alpha value is -5.88. The van der Waals surface area contributed by atoms with Gasteiger partial charge < -0.3 is 39.3 Å². The number of H-pyrrole nitrogens is 4. The highest BCUT2D eigenvalue weighted by molar-refractivity contribution is 6.63. The Kier molecular flexibility index (Phi) is 29.5. The minimum atomic E-state index is -0.948. The fourth-order valence-electron chi connectivity index (χ4n) is 6.93. The number of aromatic amines is 4. The second kappa shape index (κ2) is 35.3. The Morgan fingerprint density at radius 1 is 0.427 bits per heavy atom. The van der Waals surface area contributed by atoms with Crippen molar-refractivity contribution in [2.24, 2.45) is 0 Å². The minimum Gasteiger partial charge on any atom is -0.477 e. The van der Waals surface area contributed by atoms with Gasteiger partial charge in [0.05, 0.1) is 65.0 Å². The third-order valence-electron chi connectivity index (χ3n) is 11.0. The first-order valence-corrected chi connectivity index (χ1v) is 28.4. The van der Waals surface area contributed by atoms with Gasteiger partial charge in [-0.25, -0.2) is 19.2 Å². The van der Waals surface area contributed by atoms with E-state index in [2.05, 4.69) is 19.9 Å². The van der Waals surface area contributed by atoms with Crippen molar-refractivity contribution in [1.82, 2.24) is 19.9 Å². The number of aromatic carboxylic acids is 1. The lowest BCUT2D eigenvalue weighted by atomic mass is 10.1. The second-order valence-corrected chi connectivity index (χ2v) is 20.9. The average molecular weight is 1320 g/mol. The quantitative estimate of drug-likeness (QED) is 0.0180. The molecule has 0 saturated carbocycles. The highest BCUT2D eigenvalue weighted by Gasteiger charge is 2.16. The molecule has 8 rings (SSSR count). The zero-order valence-corrected chi connectivity index (χ0v) is 51.4. The van der Waals surface area contributed by atoms with Gasteiger partial charge in [0.25, 0.3) is 0 Å². The van der Waals surface area contributed by atoms with Crippen LogP contribution in [-0.2, 0) is 57.5 Å². The van der Waals surface area contributed by atoms with Crippen LogP contribution in [-0.4, -0.2) is 79.8 Å². The van der Waals surface area contributed by atoms with Crippen LogP contribution in [0.5, 0.6) is 0 Å². The van der Waals surface area contributed by atoms with Gasteiger partial charge in [-0.2, -0.15) is 0 Å². The number of carboxylic acid groups (broad SMARTS) is 1. The summed E-state index contributed by atoms with van der Waals surface area (Å²) < 4.78 is 14.5. The Morgan fingerprint density at radius 3 is 1.35 bits per heavy atom. The molecular weight excluding hydrogens is 1270 g/mol. The van der Waals surface area contributed by atoms with Crippen LogP contribution < -0.4 is 0 Å². The summed E-state index contributed by atoms with van der Waals surface area (Å²) in [6.45, 7) is 6.32. The van der Waals surface area contributed by atoms with Crippen molar-refractivity contribution in [3.63, 3.8) is 0 Å². The summed E-state index contributed by atoms with van der Waals surface area (Å²) in [4.78, 5) is 78.4. The van der Waals surface area contributed by atoms with Gasteiger partial charge >= 0.3 is 23.9 Å². The molecule has 0 aliphatic rings. The number of carbonyl (C=O) groups is 6. The molecule has 4 aromatic heterocycles. The lowest BCUT2D eigenvalue weighted by Crippen LogP contribution is -2.05. The number of esters is 3. The largest absolute Gasteiger partial charge is 0.477 e. The van der Waals surface area contributed by atoms with E-state index >= 15 is 0 Å². The Morgan fingerprint density at radius 2 is 0.866 bits per heavy atom. The van der Waals surface area contributed by atoms with Gasteiger partial charge in [0.15, 0.2) is 5.78 Å². The van der Waals surface area contributed by atoms with E-state index < -0.39 is 17.2 Å². The predicted octanol–water partition coefficient (Wildman–Crippen LogP) is 17.2. The number of carbonyl (C=O) groups excluding carboxylic acids is 5. The number of ketones is 1. The van der Waals surface area contributed by atoms with Crippen LogP contribution in [0.25, 0.3) is 0 Å². The molecule has 0 radical (unpaired) electrons. The maximum atomic E-state index is 12.2. The van der Waals surface area contributed by atoms with E-state index in [0.717, 1.165) is 52.6 Å². The average Bonchev–Trinajstić information content (AvgIpc) is 4.33. The molecular formula is C58H52Cl10N4O10. The van der Waals surface area contributed by atoms with Gasteiger partial charge in [0.2, 0.25) is 5.24 Å². The fourth-order valence-corrected chi connectivity index (χ4v) is 8.70. The van der Waals surface area contributed by atoms with Crippen LogP contribution in [0.3, 0.4) is 0 Å². The summed E-state index contributed by atoms with van der Waals surface area (Å²) in [5.41, 5.74) is 7.32. The summed E-state index contributed by atoms with van der Waals surface area (Å²) >= 11 is 58.1. The van der Waals surface area contributed by atoms with Crippen LogP contribution >= 0.6 is 116 Å². The topological polar surface area (TPSA) is 213 Å². The zero-order chi connectivity index (χ0) is 60.5. The molecule has 0 atom stereocenters. The van der Waals surface area contributed by atoms with Gasteiger partial charge in [-0.3, -0.25) is 9.59 Å². The van der Waals surface area contributed by atoms with Crippen molar-refractivity contribution >= 4 is 151 Å². The number of ether oxygens (including phenoxy) is 3. The molecule has 434 valence electrons. The smallest absolute Gasteiger partial charge is 0.354 e. The van der Waals surface area contributed by atoms with E-state index in [9.17, 15) is 28.8 Å². The molecule has 14 nitrogen and oxygen atoms in total. The van der Waals surface area contributed by atoms with Crippen LogP contribution in [0.4, 0.5) is 0 Å². The predicted molar refractivity (Wildman–Crippen MR) is 326 cm³/mol. The first-order chi connectivity index (χ1) is 39.0. The maximum absolute atomic E-state index is 12.2. The Bertz CT molecular complexity index is 3430. The summed E-state index contributed by atoms with van der Waals surface area (Å²) in [6.07, 6.45) is 10.0. The van der Waals surface area contributed by atoms with Gasteiger partial charge in [-0.1, -0.05) is 129 Å². The number of carboxylic acids is 1. The van der Waals surface area contributed by atoms with Crippen LogP contribution in [0.1, 0.15) is 106 Å². The summed E-state index contributed by atoms with van der Waals surface area (Å²) in [7, 11) is 0. The first-order valence-electron chi connectivity index (χ1n) is 24.6. The molecule has 4 aromatic carbocycles. The number of benzene rings is 4. The van der Waals surface area contributed by atoms with Crippen molar-refractivity contribution in [2.45, 2.75) is 59.3 Å². The molecule has 5 N–H and O–H groups in total. The monoisotopic (exact) mass is 1310 g/mol. The van der Waals surface area contributed by atoms with Gasteiger partial charge in [-0.15, -0.1) is 0 Å². The zero-order valence-electron chi connectivity index (χ0n) is 43.8. The molecule has 0 fully saturated rings. The third-order valence-corrected chi connectivity index (χ3v) is 14.6. The first kappa shape index (κ1) is 68.6. The second-order valence-electron chi connectivity index (χ2n) is 16.9. The van der Waals surface area contributed by atoms with Crippen molar-refractivity contribution in [3.8, 4) is 0 Å². The van der Waals surface area contributed by atoms with E-state index in [1.54, 1.807) is 112 Å². The number of halogens is 10. The van der Waals surface area contributed by atoms with Gasteiger partial charge in [0.1, 0.15) is 22.8 Å². The molecule has 0 spiro atoms. The molecule has 0 unspecified atom stereocenters. The number of Topliss-reactive ketones (excluding diaryl/α,β-unsaturated/α-hetero) is 1. The molecule has 8 aromatic rings. The van der Waals surface area contributed by atoms with Crippen LogP contribution in [0, 0.1) is 0 Å². The summed E-state index contributed by atoms with van der Waals surface area (Å²) in [5, 5.41) is 12.5. The minimum absolute atomic E-state index is 0.125. The van der Waals surface area contributed by atoms with Crippen LogP contribution in [0.15, 0.2) is 122 Å². The molecule has 0 bridgehead atoms. The SMILES string of the molecule is CCOC(=O)c1cc(C(=O)Cc2ccc(Cl)c(Cl)c2)c[nH]1.CCOC(=O)c1cc(CCc2ccc(Cl)c(Cl)c2Cl)c[nH]1.CCOC(=O)c1ccc[nH]1.O=C(Cl)Cc1ccc(Cl)c(Cl)c1.O=C(O)c1cc(CCc2ccc(Cl)c(Cl)c2)c[nH]1. The maximum Gasteiger partial charge on any atom is 0.354 e. The van der Waals surface area contributed by atoms with E-state index in [0.29, 0.717) is 81.8 Å². The van der Waals surface area contributed by atoms with E-state index in [-0.39, 0.29) is 48.6 Å². The van der Waals surface area contributed by atoms with Crippen molar-refractivity contribution in [3.05, 3.63) is 229 Å². The number of aryl methyl sites for hydroxylation is 4. The normalized spacial score (nSPS) is 10.3. The molecule has 0 aliphatic carbocycles. The van der Waals surface area contributed by atoms with E-state index in [4.69, 9.17) is 135 Å². The molecule has 24 heteroatoms. The highest BCUT2D eigenvalue weighted by atomic mass is 35.5. The number of aromatic nitrogens is 4. The number of rotatable bonds is 18. The molecule has 4 heterocycles. The highest BCUT2D eigenvalue weighted by Crippen LogP contribution is 2.33. The fraction of sp³-hybridized carbons (Fsp3) is 0.207. The van der Waals surface area contributed by atoms with Crippen molar-refractivity contribution < 1.29 is 48.1 Å². The van der Waals surface area contributed by atoms with E-state index in [1.165, 1.54) is 12.3 Å². The molecule has 82 heavy (non-hydrogen) atoms. The summed E-state index contributed by atoms with van der Waals surface area (Å²) in [6, 6.07) is 27.5. The number of hydrogen-bond donors (Lipinski definition) is 5. The van der Waals surface area contributed by atoms with Crippen LogP contribution in [0.2, 0.25) is 45.2 Å². The molecule has 0 aliphatic heterocycles. The Labute approximate surface area is 522 Å². The lowest BCUT2D eigenvalue weighted by Gasteiger charge is -2.06. The van der Waals surface area contributed by atoms with E-state index in [1.807, 2.05) is 18.2 Å². The summed E-state index contributed by atoms with van der Waals surface area (Å²) in [5.74, 6) is -2.20.